The van der Waals surface area contributed by atoms with Crippen LogP contribution < -0.4 is 14.2 Å². The zero-order valence-electron chi connectivity index (χ0n) is 47.2. The highest BCUT2D eigenvalue weighted by Gasteiger charge is 2.19. The van der Waals surface area contributed by atoms with Crippen molar-refractivity contribution in [3.05, 3.63) is 326 Å². The molecular weight excluding hydrogens is 1050 g/mol. The molecule has 408 valence electrons. The molecule has 0 saturated carbocycles. The summed E-state index contributed by atoms with van der Waals surface area (Å²) in [5.41, 5.74) is 17.0. The molecule has 0 bridgehead atoms. The molecular formula is C82H57NO3. The minimum atomic E-state index is 0.314. The molecule has 1 aromatic heterocycles. The number of hydrogen-bond donors (Lipinski definition) is 0. The lowest BCUT2D eigenvalue weighted by molar-refractivity contribution is 0.281. The first-order chi connectivity index (χ1) is 42.6. The van der Waals surface area contributed by atoms with Crippen molar-refractivity contribution in [2.75, 3.05) is 0 Å². The van der Waals surface area contributed by atoms with Crippen LogP contribution >= 0.6 is 0 Å². The summed E-state index contributed by atoms with van der Waals surface area (Å²) in [5, 5.41) is 12.2. The second kappa shape index (κ2) is 22.9. The second-order valence-electron chi connectivity index (χ2n) is 22.0. The van der Waals surface area contributed by atoms with Crippen LogP contribution in [0.25, 0.3) is 121 Å². The van der Waals surface area contributed by atoms with Crippen LogP contribution in [0, 0.1) is 0 Å². The van der Waals surface area contributed by atoms with E-state index >= 15 is 0 Å². The number of benzene rings is 14. The van der Waals surface area contributed by atoms with Crippen LogP contribution in [0.1, 0.15) is 16.7 Å². The molecule has 1 heterocycles. The second-order valence-corrected chi connectivity index (χ2v) is 22.0. The summed E-state index contributed by atoms with van der Waals surface area (Å²) in [6.45, 7) is 1.05. The predicted molar refractivity (Wildman–Crippen MR) is 357 cm³/mol. The summed E-state index contributed by atoms with van der Waals surface area (Å²) < 4.78 is 19.9. The molecule has 15 rings (SSSR count). The van der Waals surface area contributed by atoms with Crippen molar-refractivity contribution in [2.45, 2.75) is 19.8 Å². The topological polar surface area (TPSA) is 40.6 Å². The van der Waals surface area contributed by atoms with Gasteiger partial charge in [-0.2, -0.15) is 0 Å². The normalized spacial score (nSPS) is 11.4. The molecule has 0 aliphatic heterocycles. The van der Waals surface area contributed by atoms with Crippen LogP contribution in [0.4, 0.5) is 0 Å². The van der Waals surface area contributed by atoms with E-state index in [4.69, 9.17) is 19.2 Å². The summed E-state index contributed by atoms with van der Waals surface area (Å²) in [5.74, 6) is 2.16. The molecule has 0 fully saturated rings. The Hall–Kier alpha value is -11.1. The maximum atomic E-state index is 6.69. The molecule has 0 radical (unpaired) electrons. The lowest BCUT2D eigenvalue weighted by Crippen LogP contribution is -2.01. The van der Waals surface area contributed by atoms with Crippen LogP contribution in [-0.4, -0.2) is 4.98 Å². The zero-order chi connectivity index (χ0) is 57.2. The number of fused-ring (bicyclic) bond motifs is 5. The summed E-state index contributed by atoms with van der Waals surface area (Å²) >= 11 is 0. The van der Waals surface area contributed by atoms with Gasteiger partial charge in [0.05, 0.1) is 5.69 Å². The quantitative estimate of drug-likeness (QED) is 0.0960. The Morgan fingerprint density at radius 2 is 0.570 bits per heavy atom. The standard InChI is InChI=1S/C82H57NO3/c1-3-19-60(20-4-1)78-70-26-9-13-30-74(70)80(75-31-14-10-27-71(75)78)62-38-34-55(35-39-62)52-85-67-48-57(54-84-66-44-42-58(43-45-66)64-23-17-24-65(50-64)82-69-25-8-7-18-59(69)46-47-83-82)49-68(51-67)86-53-56-36-40-63(41-37-56)81-76-32-15-11-28-72(76)79(61-21-5-2-6-22-61)73-29-12-16-33-77(73)81/h1-51H,52-54H2. The van der Waals surface area contributed by atoms with Gasteiger partial charge in [0.1, 0.15) is 37.1 Å². The van der Waals surface area contributed by atoms with Gasteiger partial charge in [0, 0.05) is 23.2 Å². The Kier molecular flexibility index (Phi) is 13.8. The van der Waals surface area contributed by atoms with Crippen molar-refractivity contribution in [3.8, 4) is 84.1 Å². The number of aromatic nitrogens is 1. The van der Waals surface area contributed by atoms with Gasteiger partial charge in [0.15, 0.2) is 0 Å². The van der Waals surface area contributed by atoms with Crippen LogP contribution in [0.2, 0.25) is 0 Å². The first kappa shape index (κ1) is 51.8. The van der Waals surface area contributed by atoms with Gasteiger partial charge < -0.3 is 14.2 Å². The third-order valence-electron chi connectivity index (χ3n) is 16.6. The summed E-state index contributed by atoms with van der Waals surface area (Å²) in [6.07, 6.45) is 1.88. The number of ether oxygens (including phenoxy) is 3. The lowest BCUT2D eigenvalue weighted by Gasteiger charge is -2.18. The molecule has 0 unspecified atom stereocenters. The van der Waals surface area contributed by atoms with E-state index in [1.54, 1.807) is 0 Å². The van der Waals surface area contributed by atoms with Crippen molar-refractivity contribution in [2.24, 2.45) is 0 Å². The minimum absolute atomic E-state index is 0.314. The van der Waals surface area contributed by atoms with Gasteiger partial charge in [0.2, 0.25) is 0 Å². The average Bonchev–Trinajstić information content (AvgIpc) is 2.71. The molecule has 86 heavy (non-hydrogen) atoms. The molecule has 4 nitrogen and oxygen atoms in total. The molecule has 15 aromatic rings. The number of nitrogens with zero attached hydrogens (tertiary/aromatic N) is 1. The largest absolute Gasteiger partial charge is 0.489 e. The number of rotatable bonds is 15. The highest BCUT2D eigenvalue weighted by Crippen LogP contribution is 2.46. The highest BCUT2D eigenvalue weighted by atomic mass is 16.5. The van der Waals surface area contributed by atoms with E-state index in [0.717, 1.165) is 61.3 Å². The van der Waals surface area contributed by atoms with Gasteiger partial charge in [-0.1, -0.05) is 261 Å². The first-order valence-electron chi connectivity index (χ1n) is 29.4. The first-order valence-corrected chi connectivity index (χ1v) is 29.4. The van der Waals surface area contributed by atoms with Gasteiger partial charge in [-0.25, -0.2) is 0 Å². The third-order valence-corrected chi connectivity index (χ3v) is 16.6. The fraction of sp³-hybridized carbons (Fsp3) is 0.0366. The van der Waals surface area contributed by atoms with Crippen molar-refractivity contribution >= 4 is 53.9 Å². The summed E-state index contributed by atoms with van der Waals surface area (Å²) in [4.78, 5) is 4.79. The molecule has 0 aliphatic carbocycles. The molecule has 0 saturated heterocycles. The van der Waals surface area contributed by atoms with Gasteiger partial charge in [-0.3, -0.25) is 4.98 Å². The Bertz CT molecular complexity index is 4610. The zero-order valence-corrected chi connectivity index (χ0v) is 47.2. The van der Waals surface area contributed by atoms with Crippen molar-refractivity contribution in [3.63, 3.8) is 0 Å². The summed E-state index contributed by atoms with van der Waals surface area (Å²) in [6, 6.07) is 108. The molecule has 14 aromatic carbocycles. The van der Waals surface area contributed by atoms with E-state index < -0.39 is 0 Å². The molecule has 0 aliphatic rings. The Morgan fingerprint density at radius 3 is 1.02 bits per heavy atom. The van der Waals surface area contributed by atoms with E-state index in [1.165, 1.54) is 81.9 Å². The van der Waals surface area contributed by atoms with Gasteiger partial charge >= 0.3 is 0 Å². The maximum absolute atomic E-state index is 6.69. The number of pyridine rings is 1. The molecule has 0 N–H and O–H groups in total. The van der Waals surface area contributed by atoms with Gasteiger partial charge in [-0.15, -0.1) is 0 Å². The summed E-state index contributed by atoms with van der Waals surface area (Å²) in [7, 11) is 0. The van der Waals surface area contributed by atoms with Crippen LogP contribution in [-0.2, 0) is 19.8 Å². The molecule has 4 heteroatoms. The molecule has 0 atom stereocenters. The fourth-order valence-electron chi connectivity index (χ4n) is 12.6. The molecule has 0 spiro atoms. The highest BCUT2D eigenvalue weighted by molar-refractivity contribution is 6.22. The third kappa shape index (κ3) is 10.1. The average molecular weight is 1100 g/mol. The van der Waals surface area contributed by atoms with E-state index in [9.17, 15) is 0 Å². The smallest absolute Gasteiger partial charge is 0.123 e. The van der Waals surface area contributed by atoms with E-state index in [-0.39, 0.29) is 0 Å². The van der Waals surface area contributed by atoms with Gasteiger partial charge in [-0.05, 0) is 157 Å². The molecule has 0 amide bonds. The Labute approximate surface area is 500 Å². The fourth-order valence-corrected chi connectivity index (χ4v) is 12.6. The van der Waals surface area contributed by atoms with Crippen molar-refractivity contribution in [1.82, 2.24) is 4.98 Å². The van der Waals surface area contributed by atoms with Crippen molar-refractivity contribution < 1.29 is 14.2 Å². The number of hydrogen-bond acceptors (Lipinski definition) is 4. The van der Waals surface area contributed by atoms with E-state index in [0.29, 0.717) is 31.3 Å². The van der Waals surface area contributed by atoms with E-state index in [2.05, 4.69) is 285 Å². The van der Waals surface area contributed by atoms with Crippen LogP contribution in [0.5, 0.6) is 17.2 Å². The SMILES string of the molecule is c1ccc(-c2c3ccccc3c(-c3ccc(COc4cc(COc5ccc(-c6cccc(-c7nccc8ccccc78)c6)cc5)cc(OCc5ccc(-c6c7ccccc7c(-c7ccccc7)c7ccccc67)cc5)c4)cc3)c3ccccc23)cc1. The van der Waals surface area contributed by atoms with Crippen LogP contribution in [0.15, 0.2) is 310 Å². The van der Waals surface area contributed by atoms with Crippen LogP contribution in [0.3, 0.4) is 0 Å². The minimum Gasteiger partial charge on any atom is -0.489 e. The Morgan fingerprint density at radius 1 is 0.221 bits per heavy atom. The Balaban J connectivity index is 0.704. The lowest BCUT2D eigenvalue weighted by atomic mass is 9.86. The predicted octanol–water partition coefficient (Wildman–Crippen LogP) is 21.6. The van der Waals surface area contributed by atoms with Crippen molar-refractivity contribution in [1.29, 1.82) is 0 Å². The monoisotopic (exact) mass is 1100 g/mol. The maximum Gasteiger partial charge on any atom is 0.123 e. The van der Waals surface area contributed by atoms with E-state index in [1.807, 2.05) is 24.4 Å². The van der Waals surface area contributed by atoms with Gasteiger partial charge in [0.25, 0.3) is 0 Å².